The number of allylic oxidation sites excluding steroid dienone is 5. The monoisotopic (exact) mass is 872 g/mol. The third-order valence-corrected chi connectivity index (χ3v) is 12.4. The SMILES string of the molecule is CCCCCCCC/C=C\CCCCCCCCCCCC(=O)OCCCCC/C=C\CCCCCCCC(=O)NC(CO)C(O)/C=C/CCCCCCCCCCCCCC. The van der Waals surface area contributed by atoms with Crippen LogP contribution in [0.4, 0.5) is 0 Å². The molecular weight excluding hydrogens is 767 g/mol. The van der Waals surface area contributed by atoms with Crippen LogP contribution in [0.1, 0.15) is 284 Å². The molecule has 3 N–H and O–H groups in total. The number of nitrogens with one attached hydrogen (secondary N) is 1. The van der Waals surface area contributed by atoms with Gasteiger partial charge in [0.05, 0.1) is 25.4 Å². The van der Waals surface area contributed by atoms with E-state index in [1.165, 1.54) is 173 Å². The van der Waals surface area contributed by atoms with Crippen molar-refractivity contribution in [3.63, 3.8) is 0 Å². The summed E-state index contributed by atoms with van der Waals surface area (Å²) in [4.78, 5) is 24.5. The molecule has 364 valence electrons. The summed E-state index contributed by atoms with van der Waals surface area (Å²) in [6, 6.07) is -0.646. The molecule has 0 fully saturated rings. The van der Waals surface area contributed by atoms with Crippen LogP contribution in [0.3, 0.4) is 0 Å². The summed E-state index contributed by atoms with van der Waals surface area (Å²) in [5.41, 5.74) is 0. The van der Waals surface area contributed by atoms with Crippen LogP contribution in [0.25, 0.3) is 0 Å². The zero-order valence-corrected chi connectivity index (χ0v) is 41.4. The van der Waals surface area contributed by atoms with E-state index < -0.39 is 12.1 Å². The largest absolute Gasteiger partial charge is 0.466 e. The van der Waals surface area contributed by atoms with Gasteiger partial charge in [-0.1, -0.05) is 217 Å². The zero-order valence-electron chi connectivity index (χ0n) is 41.4. The average molecular weight is 872 g/mol. The van der Waals surface area contributed by atoms with E-state index in [1.807, 2.05) is 6.08 Å². The number of rotatable bonds is 50. The third-order valence-electron chi connectivity index (χ3n) is 12.4. The Morgan fingerprint density at radius 2 is 0.758 bits per heavy atom. The third kappa shape index (κ3) is 47.6. The first-order valence-corrected chi connectivity index (χ1v) is 27.3. The molecule has 62 heavy (non-hydrogen) atoms. The first kappa shape index (κ1) is 60.1. The molecule has 0 aromatic heterocycles. The number of hydrogen-bond acceptors (Lipinski definition) is 5. The van der Waals surface area contributed by atoms with Gasteiger partial charge in [-0.25, -0.2) is 0 Å². The molecule has 0 aromatic rings. The van der Waals surface area contributed by atoms with Gasteiger partial charge in [0.2, 0.25) is 5.91 Å². The van der Waals surface area contributed by atoms with Gasteiger partial charge in [0.15, 0.2) is 0 Å². The van der Waals surface area contributed by atoms with Crippen LogP contribution in [-0.2, 0) is 14.3 Å². The summed E-state index contributed by atoms with van der Waals surface area (Å²) >= 11 is 0. The molecule has 6 heteroatoms. The van der Waals surface area contributed by atoms with Crippen molar-refractivity contribution in [2.75, 3.05) is 13.2 Å². The number of amides is 1. The molecule has 0 aliphatic carbocycles. The highest BCUT2D eigenvalue weighted by atomic mass is 16.5. The summed E-state index contributed by atoms with van der Waals surface area (Å²) in [5, 5.41) is 23.0. The van der Waals surface area contributed by atoms with Gasteiger partial charge in [-0.3, -0.25) is 9.59 Å². The Morgan fingerprint density at radius 3 is 1.15 bits per heavy atom. The van der Waals surface area contributed by atoms with E-state index in [-0.39, 0.29) is 18.5 Å². The molecule has 0 saturated heterocycles. The van der Waals surface area contributed by atoms with Crippen molar-refractivity contribution >= 4 is 11.9 Å². The lowest BCUT2D eigenvalue weighted by Crippen LogP contribution is -2.45. The highest BCUT2D eigenvalue weighted by Crippen LogP contribution is 2.15. The topological polar surface area (TPSA) is 95.9 Å². The Labute approximate surface area is 385 Å². The summed E-state index contributed by atoms with van der Waals surface area (Å²) in [6.45, 7) is 4.84. The van der Waals surface area contributed by atoms with Crippen molar-refractivity contribution in [2.45, 2.75) is 296 Å². The molecule has 2 atom stereocenters. The van der Waals surface area contributed by atoms with Gasteiger partial charge >= 0.3 is 5.97 Å². The molecule has 0 aliphatic heterocycles. The van der Waals surface area contributed by atoms with Crippen LogP contribution in [0, 0.1) is 0 Å². The number of ether oxygens (including phenoxy) is 1. The molecule has 6 nitrogen and oxygen atoms in total. The predicted octanol–water partition coefficient (Wildman–Crippen LogP) is 16.5. The van der Waals surface area contributed by atoms with Crippen molar-refractivity contribution in [1.82, 2.24) is 5.32 Å². The van der Waals surface area contributed by atoms with Crippen LogP contribution in [0.15, 0.2) is 36.5 Å². The van der Waals surface area contributed by atoms with Crippen LogP contribution in [0.5, 0.6) is 0 Å². The van der Waals surface area contributed by atoms with Gasteiger partial charge in [-0.2, -0.15) is 0 Å². The van der Waals surface area contributed by atoms with Crippen LogP contribution >= 0.6 is 0 Å². The summed E-state index contributed by atoms with van der Waals surface area (Å²) in [5.74, 6) is -0.119. The number of aliphatic hydroxyl groups is 2. The van der Waals surface area contributed by atoms with Crippen molar-refractivity contribution in [2.24, 2.45) is 0 Å². The Balaban J connectivity index is 3.51. The summed E-state index contributed by atoms with van der Waals surface area (Å²) in [7, 11) is 0. The Morgan fingerprint density at radius 1 is 0.435 bits per heavy atom. The van der Waals surface area contributed by atoms with E-state index in [4.69, 9.17) is 4.74 Å². The lowest BCUT2D eigenvalue weighted by atomic mass is 10.0. The van der Waals surface area contributed by atoms with E-state index in [2.05, 4.69) is 43.5 Å². The molecule has 1 amide bonds. The standard InChI is InChI=1S/C56H105NO5/c1-3-5-7-9-11-13-15-17-19-20-21-22-23-25-30-34-38-42-46-50-56(61)62-51-47-43-39-35-31-27-26-29-33-37-41-45-49-55(60)57-53(52-58)54(59)48-44-40-36-32-28-24-18-16-14-12-10-8-6-4-2/h17,19,27,31,44,48,53-54,58-59H,3-16,18,20-26,28-30,32-43,45-47,49-52H2,1-2H3,(H,57,60)/b19-17-,31-27-,48-44+. The highest BCUT2D eigenvalue weighted by molar-refractivity contribution is 5.76. The van der Waals surface area contributed by atoms with Crippen molar-refractivity contribution in [3.8, 4) is 0 Å². The molecule has 0 radical (unpaired) electrons. The van der Waals surface area contributed by atoms with E-state index in [0.29, 0.717) is 19.4 Å². The lowest BCUT2D eigenvalue weighted by Gasteiger charge is -2.20. The maximum absolute atomic E-state index is 12.4. The second-order valence-corrected chi connectivity index (χ2v) is 18.5. The normalized spacial score (nSPS) is 12.9. The molecule has 0 spiro atoms. The lowest BCUT2D eigenvalue weighted by molar-refractivity contribution is -0.143. The van der Waals surface area contributed by atoms with Gasteiger partial charge in [-0.05, 0) is 89.9 Å². The average Bonchev–Trinajstić information content (AvgIpc) is 3.27. The van der Waals surface area contributed by atoms with Crippen LogP contribution in [-0.4, -0.2) is 47.4 Å². The summed E-state index contributed by atoms with van der Waals surface area (Å²) < 4.78 is 5.46. The van der Waals surface area contributed by atoms with E-state index in [0.717, 1.165) is 83.5 Å². The molecule has 0 aromatic carbocycles. The van der Waals surface area contributed by atoms with Crippen LogP contribution < -0.4 is 5.32 Å². The van der Waals surface area contributed by atoms with Gasteiger partial charge < -0.3 is 20.3 Å². The quantitative estimate of drug-likeness (QED) is 0.0321. The van der Waals surface area contributed by atoms with E-state index in [1.54, 1.807) is 6.08 Å². The Kier molecular flexibility index (Phi) is 50.1. The maximum Gasteiger partial charge on any atom is 0.305 e. The van der Waals surface area contributed by atoms with Crippen molar-refractivity contribution < 1.29 is 24.5 Å². The second-order valence-electron chi connectivity index (χ2n) is 18.5. The smallest absolute Gasteiger partial charge is 0.305 e. The molecule has 2 unspecified atom stereocenters. The number of aliphatic hydroxyl groups excluding tert-OH is 2. The number of hydrogen-bond donors (Lipinski definition) is 3. The van der Waals surface area contributed by atoms with Crippen LogP contribution in [0.2, 0.25) is 0 Å². The Bertz CT molecular complexity index is 1010. The molecule has 0 aliphatic rings. The van der Waals surface area contributed by atoms with Gasteiger partial charge in [0, 0.05) is 12.8 Å². The van der Waals surface area contributed by atoms with Gasteiger partial charge in [-0.15, -0.1) is 0 Å². The number of carbonyl (C=O) groups is 2. The fraction of sp³-hybridized carbons (Fsp3) is 0.857. The number of esters is 1. The van der Waals surface area contributed by atoms with E-state index >= 15 is 0 Å². The molecule has 0 saturated carbocycles. The second kappa shape index (κ2) is 51.7. The van der Waals surface area contributed by atoms with Gasteiger partial charge in [0.1, 0.15) is 0 Å². The molecule has 0 heterocycles. The first-order valence-electron chi connectivity index (χ1n) is 27.3. The summed E-state index contributed by atoms with van der Waals surface area (Å²) in [6.07, 6.45) is 62.9. The molecular formula is C56H105NO5. The maximum atomic E-state index is 12.4. The predicted molar refractivity (Wildman–Crippen MR) is 269 cm³/mol. The first-order chi connectivity index (χ1) is 30.5. The van der Waals surface area contributed by atoms with E-state index in [9.17, 15) is 19.8 Å². The minimum Gasteiger partial charge on any atom is -0.466 e. The highest BCUT2D eigenvalue weighted by Gasteiger charge is 2.18. The van der Waals surface area contributed by atoms with Crippen molar-refractivity contribution in [1.29, 1.82) is 0 Å². The molecule has 0 bridgehead atoms. The minimum absolute atomic E-state index is 0.0252. The van der Waals surface area contributed by atoms with Gasteiger partial charge in [0.25, 0.3) is 0 Å². The number of unbranched alkanes of at least 4 members (excludes halogenated alkanes) is 35. The fourth-order valence-electron chi connectivity index (χ4n) is 8.15. The fourth-order valence-corrected chi connectivity index (χ4v) is 8.15. The number of carbonyl (C=O) groups excluding carboxylic acids is 2. The minimum atomic E-state index is -0.860. The zero-order chi connectivity index (χ0) is 45.1. The Hall–Kier alpha value is -1.92. The van der Waals surface area contributed by atoms with Crippen molar-refractivity contribution in [3.05, 3.63) is 36.5 Å². The molecule has 0 rings (SSSR count).